The number of hydrogen-bond acceptors (Lipinski definition) is 11. The van der Waals surface area contributed by atoms with Crippen LogP contribution in [0, 0.1) is 5.92 Å². The molecule has 1 saturated heterocycles. The summed E-state index contributed by atoms with van der Waals surface area (Å²) in [6.45, 7) is 5.50. The van der Waals surface area contributed by atoms with E-state index in [1.807, 2.05) is 10.8 Å². The van der Waals surface area contributed by atoms with Crippen molar-refractivity contribution in [1.82, 2.24) is 25.2 Å². The third-order valence-corrected chi connectivity index (χ3v) is 13.0. The second-order valence-electron chi connectivity index (χ2n) is 14.7. The van der Waals surface area contributed by atoms with Crippen molar-refractivity contribution in [2.75, 3.05) is 19.8 Å². The molecule has 5 amide bonds. The first-order valence-corrected chi connectivity index (χ1v) is 20.9. The molecule has 1 saturated carbocycles. The van der Waals surface area contributed by atoms with Gasteiger partial charge in [0.15, 0.2) is 0 Å². The van der Waals surface area contributed by atoms with Gasteiger partial charge in [-0.15, -0.1) is 11.3 Å². The van der Waals surface area contributed by atoms with E-state index in [0.717, 1.165) is 28.5 Å². The van der Waals surface area contributed by atoms with Crippen molar-refractivity contribution in [2.24, 2.45) is 5.92 Å². The quantitative estimate of drug-likeness (QED) is 0.354. The molecule has 1 aliphatic carbocycles. The average Bonchev–Trinajstić information content (AvgIpc) is 3.39. The first-order valence-electron chi connectivity index (χ1n) is 17.5. The standard InChI is InChI=1S/C35H40Cl3N5O10S2/c1-34(2,3)53-32(47)39-24-10-12-51-11-5-4-8-20-15-35(20,31(46)41-55(49,50)26-14-27(37)54-28(26)38)40-29(44)25-13-21(17-43(25)30(24)45)52-33(48)42-16-19-7-6-9-23(36)22(19)18-42/h4,6-9,14,20-21,24-25H,5,10-13,15-18H2,1-3H3,(H,39,47)(H,40,44)(H,41,46)/b8-4-/t20-,21-,24+,25+,35-/m1/s1. The number of alkyl carbamates (subject to hydrolysis) is 1. The highest BCUT2D eigenvalue weighted by atomic mass is 35.5. The first-order chi connectivity index (χ1) is 25.9. The van der Waals surface area contributed by atoms with Crippen LogP contribution in [-0.4, -0.2) is 97.2 Å². The Morgan fingerprint density at radius 2 is 1.87 bits per heavy atom. The molecule has 55 heavy (non-hydrogen) atoms. The van der Waals surface area contributed by atoms with E-state index in [1.165, 1.54) is 9.80 Å². The molecule has 298 valence electrons. The second kappa shape index (κ2) is 16.1. The maximum absolute atomic E-state index is 14.3. The van der Waals surface area contributed by atoms with Gasteiger partial charge in [-0.1, -0.05) is 59.1 Å². The molecule has 20 heteroatoms. The van der Waals surface area contributed by atoms with Crippen LogP contribution in [-0.2, 0) is 51.7 Å². The Labute approximate surface area is 337 Å². The van der Waals surface area contributed by atoms with Crippen LogP contribution in [0.4, 0.5) is 9.59 Å². The van der Waals surface area contributed by atoms with Gasteiger partial charge in [0, 0.05) is 36.9 Å². The Hall–Kier alpha value is -3.61. The maximum atomic E-state index is 14.3. The van der Waals surface area contributed by atoms with Crippen molar-refractivity contribution in [3.63, 3.8) is 0 Å². The average molecular weight is 861 g/mol. The summed E-state index contributed by atoms with van der Waals surface area (Å²) in [5.41, 5.74) is -0.962. The Morgan fingerprint density at radius 3 is 2.56 bits per heavy atom. The Bertz CT molecular complexity index is 2020. The van der Waals surface area contributed by atoms with Crippen LogP contribution < -0.4 is 15.4 Å². The highest BCUT2D eigenvalue weighted by Crippen LogP contribution is 2.46. The van der Waals surface area contributed by atoms with Gasteiger partial charge in [0.05, 0.1) is 24.0 Å². The van der Waals surface area contributed by atoms with Gasteiger partial charge < -0.3 is 29.7 Å². The molecule has 4 aliphatic rings. The number of carbonyl (C=O) groups excluding carboxylic acids is 5. The number of sulfonamides is 1. The van der Waals surface area contributed by atoms with Crippen LogP contribution in [0.5, 0.6) is 0 Å². The Morgan fingerprint density at radius 1 is 1.11 bits per heavy atom. The summed E-state index contributed by atoms with van der Waals surface area (Å²) in [5.74, 6) is -3.12. The lowest BCUT2D eigenvalue weighted by Crippen LogP contribution is -2.58. The van der Waals surface area contributed by atoms with Gasteiger partial charge in [-0.05, 0) is 56.9 Å². The molecule has 2 aromatic rings. The molecule has 5 atom stereocenters. The van der Waals surface area contributed by atoms with Crippen LogP contribution in [0.1, 0.15) is 57.6 Å². The molecular weight excluding hydrogens is 821 g/mol. The normalized spacial score (nSPS) is 26.4. The molecule has 0 spiro atoms. The Balaban J connectivity index is 1.27. The van der Waals surface area contributed by atoms with Gasteiger partial charge in [0.25, 0.3) is 15.9 Å². The van der Waals surface area contributed by atoms with E-state index in [0.29, 0.717) is 11.4 Å². The topological polar surface area (TPSA) is 190 Å². The fourth-order valence-electron chi connectivity index (χ4n) is 6.79. The summed E-state index contributed by atoms with van der Waals surface area (Å²) in [7, 11) is -4.51. The summed E-state index contributed by atoms with van der Waals surface area (Å²) in [5, 5.41) is 5.83. The number of benzene rings is 1. The second-order valence-corrected chi connectivity index (χ2v) is 19.0. The van der Waals surface area contributed by atoms with Crippen LogP contribution >= 0.6 is 46.1 Å². The number of nitrogens with one attached hydrogen (secondary N) is 3. The van der Waals surface area contributed by atoms with Crippen LogP contribution in [0.3, 0.4) is 0 Å². The number of carbonyl (C=O) groups is 5. The van der Waals surface area contributed by atoms with Crippen molar-refractivity contribution < 1.29 is 46.6 Å². The van der Waals surface area contributed by atoms with Crippen LogP contribution in [0.15, 0.2) is 41.3 Å². The SMILES string of the molecule is CC(C)(C)OC(=O)N[C@H]1CCOCC/C=C\[C@@H]2C[C@@]2(C(=O)NS(=O)(=O)c2cc(Cl)sc2Cl)NC(=O)[C@@H]2C[C@@H](OC(=O)N3Cc4cccc(Cl)c4C3)CN2C1=O. The zero-order valence-corrected chi connectivity index (χ0v) is 34.0. The fourth-order valence-corrected chi connectivity index (χ4v) is 10.2. The van der Waals surface area contributed by atoms with E-state index in [4.69, 9.17) is 49.0 Å². The summed E-state index contributed by atoms with van der Waals surface area (Å²) in [6.07, 6.45) is 1.20. The van der Waals surface area contributed by atoms with Crippen LogP contribution in [0.25, 0.3) is 0 Å². The molecule has 0 radical (unpaired) electrons. The van der Waals surface area contributed by atoms with Crippen molar-refractivity contribution in [3.05, 3.63) is 61.2 Å². The van der Waals surface area contributed by atoms with Gasteiger partial charge in [-0.2, -0.15) is 0 Å². The molecule has 0 bridgehead atoms. The van der Waals surface area contributed by atoms with Gasteiger partial charge in [0.1, 0.15) is 38.6 Å². The number of ether oxygens (including phenoxy) is 3. The van der Waals surface area contributed by atoms with Crippen molar-refractivity contribution in [1.29, 1.82) is 0 Å². The zero-order valence-electron chi connectivity index (χ0n) is 30.1. The van der Waals surface area contributed by atoms with E-state index < -0.39 is 80.1 Å². The van der Waals surface area contributed by atoms with Gasteiger partial charge in [-0.25, -0.2) is 22.7 Å². The molecule has 15 nitrogen and oxygen atoms in total. The summed E-state index contributed by atoms with van der Waals surface area (Å²) < 4.78 is 45.5. The number of amides is 5. The summed E-state index contributed by atoms with van der Waals surface area (Å²) in [6, 6.07) is 3.96. The molecule has 1 aromatic heterocycles. The molecule has 6 rings (SSSR count). The van der Waals surface area contributed by atoms with E-state index in [-0.39, 0.29) is 60.8 Å². The number of fused-ring (bicyclic) bond motifs is 3. The van der Waals surface area contributed by atoms with E-state index in [2.05, 4.69) is 10.6 Å². The molecule has 4 heterocycles. The predicted octanol–water partition coefficient (Wildman–Crippen LogP) is 4.77. The minimum absolute atomic E-state index is 0.0197. The molecule has 1 aromatic carbocycles. The minimum atomic E-state index is -4.51. The predicted molar refractivity (Wildman–Crippen MR) is 202 cm³/mol. The van der Waals surface area contributed by atoms with E-state index in [9.17, 15) is 32.4 Å². The van der Waals surface area contributed by atoms with Crippen LogP contribution in [0.2, 0.25) is 13.7 Å². The molecular formula is C35H40Cl3N5O10S2. The third-order valence-electron chi connectivity index (χ3n) is 9.55. The lowest BCUT2D eigenvalue weighted by molar-refractivity contribution is -0.141. The molecule has 3 aliphatic heterocycles. The largest absolute Gasteiger partial charge is 0.444 e. The third kappa shape index (κ3) is 9.34. The number of thiophene rings is 1. The van der Waals surface area contributed by atoms with Crippen molar-refractivity contribution >= 4 is 86.1 Å². The van der Waals surface area contributed by atoms with Crippen molar-refractivity contribution in [2.45, 2.75) is 93.8 Å². The van der Waals surface area contributed by atoms with Crippen molar-refractivity contribution in [3.8, 4) is 0 Å². The monoisotopic (exact) mass is 859 g/mol. The number of nitrogens with zero attached hydrogens (tertiary/aromatic N) is 2. The van der Waals surface area contributed by atoms with Gasteiger partial charge >= 0.3 is 12.2 Å². The molecule has 2 fully saturated rings. The number of rotatable bonds is 5. The summed E-state index contributed by atoms with van der Waals surface area (Å²) >= 11 is 19.2. The maximum Gasteiger partial charge on any atom is 0.410 e. The zero-order chi connectivity index (χ0) is 39.9. The Kier molecular flexibility index (Phi) is 12.0. The fraction of sp³-hybridized carbons (Fsp3) is 0.514. The number of halogens is 3. The van der Waals surface area contributed by atoms with E-state index >= 15 is 0 Å². The first kappa shape index (κ1) is 41.0. The van der Waals surface area contributed by atoms with Gasteiger partial charge in [-0.3, -0.25) is 19.3 Å². The summed E-state index contributed by atoms with van der Waals surface area (Å²) in [4.78, 5) is 71.1. The lowest BCUT2D eigenvalue weighted by Gasteiger charge is -2.30. The minimum Gasteiger partial charge on any atom is -0.444 e. The van der Waals surface area contributed by atoms with E-state index in [1.54, 1.807) is 45.1 Å². The molecule has 3 N–H and O–H groups in total. The highest BCUT2D eigenvalue weighted by Gasteiger charge is 2.62. The smallest absolute Gasteiger partial charge is 0.410 e. The molecule has 0 unspecified atom stereocenters. The number of hydrogen-bond donors (Lipinski definition) is 3. The lowest BCUT2D eigenvalue weighted by atomic mass is 10.1. The highest BCUT2D eigenvalue weighted by molar-refractivity contribution is 7.90. The van der Waals surface area contributed by atoms with Gasteiger partial charge in [0.2, 0.25) is 11.8 Å².